The van der Waals surface area contributed by atoms with E-state index in [0.29, 0.717) is 26.4 Å². The molecule has 9 heteroatoms. The minimum Gasteiger partial charge on any atom is -0.383 e. The van der Waals surface area contributed by atoms with Gasteiger partial charge in [0.05, 0.1) is 32.0 Å². The highest BCUT2D eigenvalue weighted by Crippen LogP contribution is 2.19. The van der Waals surface area contributed by atoms with Crippen molar-refractivity contribution in [2.45, 2.75) is 38.5 Å². The summed E-state index contributed by atoms with van der Waals surface area (Å²) in [6, 6.07) is 6.21. The van der Waals surface area contributed by atoms with Gasteiger partial charge in [-0.25, -0.2) is 4.98 Å². The van der Waals surface area contributed by atoms with E-state index < -0.39 is 0 Å². The fourth-order valence-corrected chi connectivity index (χ4v) is 3.67. The number of piperazine rings is 1. The van der Waals surface area contributed by atoms with E-state index in [1.807, 2.05) is 18.3 Å². The van der Waals surface area contributed by atoms with Gasteiger partial charge in [0.15, 0.2) is 5.96 Å². The van der Waals surface area contributed by atoms with E-state index in [0.717, 1.165) is 38.0 Å². The molecule has 30 heavy (non-hydrogen) atoms. The Hall–Kier alpha value is -1.42. The van der Waals surface area contributed by atoms with Crippen LogP contribution in [0.3, 0.4) is 0 Å². The third-order valence-corrected chi connectivity index (χ3v) is 5.03. The third kappa shape index (κ3) is 7.37. The van der Waals surface area contributed by atoms with Crippen LogP contribution in [-0.4, -0.2) is 93.2 Å². The van der Waals surface area contributed by atoms with Crippen molar-refractivity contribution < 1.29 is 14.2 Å². The second-order valence-corrected chi connectivity index (χ2v) is 8.34. The van der Waals surface area contributed by atoms with Gasteiger partial charge in [-0.15, -0.1) is 17.0 Å². The Morgan fingerprint density at radius 2 is 2.10 bits per heavy atom. The number of pyridine rings is 1. The van der Waals surface area contributed by atoms with Crippen molar-refractivity contribution in [1.29, 1.82) is 0 Å². The first-order valence-corrected chi connectivity index (χ1v) is 10.4. The van der Waals surface area contributed by atoms with E-state index in [1.165, 1.54) is 0 Å². The second kappa shape index (κ2) is 11.8. The number of nitrogens with one attached hydrogen (secondary N) is 1. The maximum Gasteiger partial charge on any atom is 0.194 e. The number of halogens is 1. The summed E-state index contributed by atoms with van der Waals surface area (Å²) in [6.07, 6.45) is 1.82. The van der Waals surface area contributed by atoms with Crippen LogP contribution in [-0.2, 0) is 14.2 Å². The molecule has 2 aliphatic rings. The number of aliphatic imine (C=N–C) groups is 1. The SMILES string of the molecule is Br.COCC(C)NC(=NCC1COCC(C)(C)O1)N1CCN(c2ccccn2)CC1. The molecule has 2 atom stereocenters. The lowest BCUT2D eigenvalue weighted by atomic mass is 10.1. The highest BCUT2D eigenvalue weighted by atomic mass is 79.9. The topological polar surface area (TPSA) is 71.5 Å². The minimum absolute atomic E-state index is 0. The lowest BCUT2D eigenvalue weighted by Crippen LogP contribution is -2.55. The normalized spacial score (nSPS) is 22.9. The average molecular weight is 486 g/mol. The summed E-state index contributed by atoms with van der Waals surface area (Å²) in [7, 11) is 1.72. The van der Waals surface area contributed by atoms with E-state index in [9.17, 15) is 0 Å². The van der Waals surface area contributed by atoms with Crippen LogP contribution in [0.5, 0.6) is 0 Å². The van der Waals surface area contributed by atoms with E-state index in [2.05, 4.69) is 46.9 Å². The van der Waals surface area contributed by atoms with Crippen LogP contribution in [0.4, 0.5) is 5.82 Å². The predicted molar refractivity (Wildman–Crippen MR) is 125 cm³/mol. The average Bonchev–Trinajstić information content (AvgIpc) is 2.71. The maximum absolute atomic E-state index is 6.12. The quantitative estimate of drug-likeness (QED) is 0.487. The molecule has 1 aromatic heterocycles. The molecule has 1 N–H and O–H groups in total. The van der Waals surface area contributed by atoms with Crippen molar-refractivity contribution in [1.82, 2.24) is 15.2 Å². The van der Waals surface area contributed by atoms with Crippen molar-refractivity contribution in [2.24, 2.45) is 4.99 Å². The molecule has 0 aliphatic carbocycles. The van der Waals surface area contributed by atoms with Crippen LogP contribution >= 0.6 is 17.0 Å². The van der Waals surface area contributed by atoms with E-state index in [4.69, 9.17) is 19.2 Å². The minimum atomic E-state index is -0.260. The van der Waals surface area contributed by atoms with Gasteiger partial charge in [0.2, 0.25) is 0 Å². The van der Waals surface area contributed by atoms with Crippen LogP contribution in [0.25, 0.3) is 0 Å². The first-order chi connectivity index (χ1) is 14.0. The zero-order chi connectivity index (χ0) is 20.7. The Morgan fingerprint density at radius 3 is 2.73 bits per heavy atom. The van der Waals surface area contributed by atoms with Crippen molar-refractivity contribution in [3.05, 3.63) is 24.4 Å². The van der Waals surface area contributed by atoms with E-state index >= 15 is 0 Å². The molecule has 2 aliphatic heterocycles. The maximum atomic E-state index is 6.12. The number of hydrogen-bond acceptors (Lipinski definition) is 6. The summed E-state index contributed by atoms with van der Waals surface area (Å²) in [5.74, 6) is 1.93. The monoisotopic (exact) mass is 485 g/mol. The fourth-order valence-electron chi connectivity index (χ4n) is 3.67. The number of hydrogen-bond donors (Lipinski definition) is 1. The fraction of sp³-hybridized carbons (Fsp3) is 0.714. The van der Waals surface area contributed by atoms with Gasteiger partial charge in [0, 0.05) is 45.5 Å². The third-order valence-electron chi connectivity index (χ3n) is 5.03. The predicted octanol–water partition coefficient (Wildman–Crippen LogP) is 1.96. The highest BCUT2D eigenvalue weighted by Gasteiger charge is 2.29. The first-order valence-electron chi connectivity index (χ1n) is 10.4. The molecule has 0 saturated carbocycles. The van der Waals surface area contributed by atoms with Crippen LogP contribution in [0.1, 0.15) is 20.8 Å². The summed E-state index contributed by atoms with van der Waals surface area (Å²) in [6.45, 7) is 12.2. The molecule has 0 radical (unpaired) electrons. The van der Waals surface area contributed by atoms with Gasteiger partial charge in [0.25, 0.3) is 0 Å². The Bertz CT molecular complexity index is 653. The largest absolute Gasteiger partial charge is 0.383 e. The standard InChI is InChI=1S/C21H35N5O3.BrH/c1-17(14-27-4)24-20(23-13-18-15-28-16-21(2,3)29-18)26-11-9-25(10-12-26)19-7-5-6-8-22-19;/h5-8,17-18H,9-16H2,1-4H3,(H,23,24);1H. The summed E-state index contributed by atoms with van der Waals surface area (Å²) in [4.78, 5) is 14.0. The molecule has 0 aromatic carbocycles. The van der Waals surface area contributed by atoms with Crippen LogP contribution in [0, 0.1) is 0 Å². The number of aromatic nitrogens is 1. The Morgan fingerprint density at radius 1 is 1.33 bits per heavy atom. The van der Waals surface area contributed by atoms with Crippen molar-refractivity contribution in [2.75, 3.05) is 64.6 Å². The molecule has 0 bridgehead atoms. The zero-order valence-electron chi connectivity index (χ0n) is 18.5. The Kier molecular flexibility index (Phi) is 9.80. The molecule has 3 heterocycles. The number of anilines is 1. The Labute approximate surface area is 190 Å². The van der Waals surface area contributed by atoms with Crippen LogP contribution < -0.4 is 10.2 Å². The summed E-state index contributed by atoms with van der Waals surface area (Å²) in [5, 5.41) is 3.52. The lowest BCUT2D eigenvalue weighted by Gasteiger charge is -2.38. The first kappa shape index (κ1) is 24.8. The van der Waals surface area contributed by atoms with Gasteiger partial charge < -0.3 is 29.3 Å². The van der Waals surface area contributed by atoms with Gasteiger partial charge in [0.1, 0.15) is 11.9 Å². The van der Waals surface area contributed by atoms with Crippen molar-refractivity contribution >= 4 is 28.8 Å². The molecular weight excluding hydrogens is 450 g/mol. The molecule has 1 aromatic rings. The zero-order valence-corrected chi connectivity index (χ0v) is 20.3. The van der Waals surface area contributed by atoms with Crippen LogP contribution in [0.15, 0.2) is 29.4 Å². The van der Waals surface area contributed by atoms with Crippen molar-refractivity contribution in [3.63, 3.8) is 0 Å². The van der Waals surface area contributed by atoms with Gasteiger partial charge in [-0.3, -0.25) is 4.99 Å². The van der Waals surface area contributed by atoms with Gasteiger partial charge in [-0.2, -0.15) is 0 Å². The molecule has 0 spiro atoms. The molecule has 2 fully saturated rings. The molecule has 8 nitrogen and oxygen atoms in total. The second-order valence-electron chi connectivity index (χ2n) is 8.34. The van der Waals surface area contributed by atoms with Crippen LogP contribution in [0.2, 0.25) is 0 Å². The molecule has 2 saturated heterocycles. The number of rotatable bonds is 6. The number of guanidine groups is 1. The van der Waals surface area contributed by atoms with E-state index in [1.54, 1.807) is 7.11 Å². The summed E-state index contributed by atoms with van der Waals surface area (Å²) >= 11 is 0. The van der Waals surface area contributed by atoms with E-state index in [-0.39, 0.29) is 34.7 Å². The highest BCUT2D eigenvalue weighted by molar-refractivity contribution is 8.93. The lowest BCUT2D eigenvalue weighted by molar-refractivity contribution is -0.178. The summed E-state index contributed by atoms with van der Waals surface area (Å²) in [5.41, 5.74) is -0.260. The van der Waals surface area contributed by atoms with Crippen molar-refractivity contribution in [3.8, 4) is 0 Å². The Balaban J connectivity index is 0.00000320. The number of nitrogens with zero attached hydrogens (tertiary/aromatic N) is 4. The summed E-state index contributed by atoms with van der Waals surface area (Å²) < 4.78 is 17.1. The van der Waals surface area contributed by atoms with Gasteiger partial charge in [-0.05, 0) is 32.9 Å². The smallest absolute Gasteiger partial charge is 0.194 e. The molecular formula is C21H36BrN5O3. The van der Waals surface area contributed by atoms with Gasteiger partial charge >= 0.3 is 0 Å². The number of ether oxygens (including phenoxy) is 3. The molecule has 0 amide bonds. The molecule has 2 unspecified atom stereocenters. The molecule has 3 rings (SSSR count). The molecule has 170 valence electrons. The number of methoxy groups -OCH3 is 1. The van der Waals surface area contributed by atoms with Gasteiger partial charge in [-0.1, -0.05) is 6.07 Å².